The van der Waals surface area contributed by atoms with Gasteiger partial charge in [-0.1, -0.05) is 40.5 Å². The van der Waals surface area contributed by atoms with Crippen LogP contribution in [0.5, 0.6) is 0 Å². The molecule has 1 aliphatic carbocycles. The van der Waals surface area contributed by atoms with Crippen molar-refractivity contribution >= 4 is 27.5 Å². The van der Waals surface area contributed by atoms with Crippen LogP contribution in [0.1, 0.15) is 38.2 Å². The lowest BCUT2D eigenvalue weighted by molar-refractivity contribution is -0.127. The minimum atomic E-state index is -0.515. The summed E-state index contributed by atoms with van der Waals surface area (Å²) in [5.74, 6) is 0.724. The van der Waals surface area contributed by atoms with Gasteiger partial charge in [-0.3, -0.25) is 0 Å². The zero-order valence-electron chi connectivity index (χ0n) is 12.0. The van der Waals surface area contributed by atoms with E-state index >= 15 is 0 Å². The van der Waals surface area contributed by atoms with E-state index in [1.165, 1.54) is 0 Å². The Kier molecular flexibility index (Phi) is 5.52. The predicted molar refractivity (Wildman–Crippen MR) is 86.2 cm³/mol. The van der Waals surface area contributed by atoms with Gasteiger partial charge in [0.1, 0.15) is 0 Å². The van der Waals surface area contributed by atoms with Crippen molar-refractivity contribution in [2.45, 2.75) is 50.7 Å². The summed E-state index contributed by atoms with van der Waals surface area (Å²) in [4.78, 5) is 0. The number of rotatable bonds is 4. The van der Waals surface area contributed by atoms with Crippen LogP contribution < -0.4 is 0 Å². The van der Waals surface area contributed by atoms with Crippen LogP contribution in [-0.4, -0.2) is 23.9 Å². The van der Waals surface area contributed by atoms with E-state index in [0.29, 0.717) is 11.4 Å². The Balaban J connectivity index is 2.11. The molecule has 0 radical (unpaired) electrons. The van der Waals surface area contributed by atoms with Gasteiger partial charge in [-0.2, -0.15) is 0 Å². The van der Waals surface area contributed by atoms with Gasteiger partial charge in [0.2, 0.25) is 0 Å². The van der Waals surface area contributed by atoms with E-state index in [2.05, 4.69) is 22.9 Å². The summed E-state index contributed by atoms with van der Waals surface area (Å²) in [6.45, 7) is 2.26. The third kappa shape index (κ3) is 3.56. The standard InChI is InChI=1S/C16H22BrClO2/c1-11-5-7-16(20-2,8-6-11)15(19)9-12-3-4-13(17)10-14(12)18/h3-4,10-11,15,19H,5-9H2,1-2H3. The first-order valence-corrected chi connectivity index (χ1v) is 8.31. The first-order chi connectivity index (χ1) is 9.47. The Morgan fingerprint density at radius 2 is 2.10 bits per heavy atom. The predicted octanol–water partition coefficient (Wildman–Crippen LogP) is 4.60. The molecule has 112 valence electrons. The molecule has 0 bridgehead atoms. The number of hydrogen-bond donors (Lipinski definition) is 1. The minimum absolute atomic E-state index is 0.414. The molecule has 0 saturated heterocycles. The molecule has 1 unspecified atom stereocenters. The summed E-state index contributed by atoms with van der Waals surface area (Å²) in [5, 5.41) is 11.4. The number of hydrogen-bond acceptors (Lipinski definition) is 2. The molecular formula is C16H22BrClO2. The molecule has 20 heavy (non-hydrogen) atoms. The molecule has 1 fully saturated rings. The zero-order chi connectivity index (χ0) is 14.8. The highest BCUT2D eigenvalue weighted by Crippen LogP contribution is 2.38. The van der Waals surface area contributed by atoms with E-state index in [1.807, 2.05) is 18.2 Å². The van der Waals surface area contributed by atoms with Gasteiger partial charge >= 0.3 is 0 Å². The molecule has 0 heterocycles. The Hall–Kier alpha value is -0.0900. The molecule has 4 heteroatoms. The molecule has 1 saturated carbocycles. The van der Waals surface area contributed by atoms with Gasteiger partial charge in [0.15, 0.2) is 0 Å². The van der Waals surface area contributed by atoms with Crippen molar-refractivity contribution in [1.82, 2.24) is 0 Å². The van der Waals surface area contributed by atoms with Crippen LogP contribution in [0.2, 0.25) is 5.02 Å². The van der Waals surface area contributed by atoms with Gasteiger partial charge < -0.3 is 9.84 Å². The van der Waals surface area contributed by atoms with E-state index < -0.39 is 11.7 Å². The van der Waals surface area contributed by atoms with Gasteiger partial charge in [-0.25, -0.2) is 0 Å². The van der Waals surface area contributed by atoms with Crippen molar-refractivity contribution in [2.24, 2.45) is 5.92 Å². The van der Waals surface area contributed by atoms with E-state index in [0.717, 1.165) is 41.6 Å². The third-order valence-corrected chi connectivity index (χ3v) is 5.41. The van der Waals surface area contributed by atoms with Crippen molar-refractivity contribution in [2.75, 3.05) is 7.11 Å². The fraction of sp³-hybridized carbons (Fsp3) is 0.625. The lowest BCUT2D eigenvalue weighted by atomic mass is 9.75. The summed E-state index contributed by atoms with van der Waals surface area (Å²) >= 11 is 9.64. The minimum Gasteiger partial charge on any atom is -0.390 e. The van der Waals surface area contributed by atoms with E-state index in [1.54, 1.807) is 7.11 Å². The molecule has 1 atom stereocenters. The van der Waals surface area contributed by atoms with Crippen LogP contribution in [0.3, 0.4) is 0 Å². The molecule has 0 amide bonds. The Morgan fingerprint density at radius 1 is 1.45 bits per heavy atom. The molecule has 0 aromatic heterocycles. The largest absolute Gasteiger partial charge is 0.390 e. The van der Waals surface area contributed by atoms with Crippen molar-refractivity contribution in [3.05, 3.63) is 33.3 Å². The summed E-state index contributed by atoms with van der Waals surface area (Å²) in [5.41, 5.74) is 0.556. The number of methoxy groups -OCH3 is 1. The third-order valence-electron chi connectivity index (χ3n) is 4.56. The van der Waals surface area contributed by atoms with Gasteiger partial charge in [-0.05, 0) is 49.3 Å². The summed E-state index contributed by atoms with van der Waals surface area (Å²) in [7, 11) is 1.71. The fourth-order valence-corrected chi connectivity index (χ4v) is 3.76. The lowest BCUT2D eigenvalue weighted by Gasteiger charge is -2.41. The van der Waals surface area contributed by atoms with E-state index in [9.17, 15) is 5.11 Å². The van der Waals surface area contributed by atoms with Gasteiger partial charge in [0, 0.05) is 23.0 Å². The summed E-state index contributed by atoms with van der Waals surface area (Å²) in [6.07, 6.45) is 4.07. The van der Waals surface area contributed by atoms with Gasteiger partial charge in [0.25, 0.3) is 0 Å². The summed E-state index contributed by atoms with van der Waals surface area (Å²) in [6, 6.07) is 5.78. The highest BCUT2D eigenvalue weighted by atomic mass is 79.9. The molecule has 2 rings (SSSR count). The Morgan fingerprint density at radius 3 is 2.65 bits per heavy atom. The number of ether oxygens (including phenoxy) is 1. The number of halogens is 2. The second kappa shape index (κ2) is 6.78. The topological polar surface area (TPSA) is 29.5 Å². The highest BCUT2D eigenvalue weighted by Gasteiger charge is 2.40. The molecule has 0 aliphatic heterocycles. The van der Waals surface area contributed by atoms with Crippen molar-refractivity contribution in [3.63, 3.8) is 0 Å². The average molecular weight is 362 g/mol. The second-order valence-corrected chi connectivity index (χ2v) is 7.23. The van der Waals surface area contributed by atoms with Crippen molar-refractivity contribution in [1.29, 1.82) is 0 Å². The van der Waals surface area contributed by atoms with Crippen LogP contribution in [-0.2, 0) is 11.2 Å². The van der Waals surface area contributed by atoms with Gasteiger partial charge in [0.05, 0.1) is 11.7 Å². The van der Waals surface area contributed by atoms with Crippen LogP contribution in [0, 0.1) is 5.92 Å². The average Bonchev–Trinajstić information content (AvgIpc) is 2.43. The number of aliphatic hydroxyl groups is 1. The van der Waals surface area contributed by atoms with Crippen LogP contribution in [0.15, 0.2) is 22.7 Å². The smallest absolute Gasteiger partial charge is 0.0939 e. The maximum absolute atomic E-state index is 10.7. The van der Waals surface area contributed by atoms with E-state index in [4.69, 9.17) is 16.3 Å². The first-order valence-electron chi connectivity index (χ1n) is 7.14. The van der Waals surface area contributed by atoms with Crippen molar-refractivity contribution in [3.8, 4) is 0 Å². The maximum atomic E-state index is 10.7. The quantitative estimate of drug-likeness (QED) is 0.849. The SMILES string of the molecule is COC1(C(O)Cc2ccc(Br)cc2Cl)CCC(C)CC1. The van der Waals surface area contributed by atoms with Crippen LogP contribution in [0.25, 0.3) is 0 Å². The highest BCUT2D eigenvalue weighted by molar-refractivity contribution is 9.10. The molecule has 0 spiro atoms. The van der Waals surface area contributed by atoms with Crippen LogP contribution >= 0.6 is 27.5 Å². The molecule has 2 nitrogen and oxygen atoms in total. The van der Waals surface area contributed by atoms with Gasteiger partial charge in [-0.15, -0.1) is 0 Å². The van der Waals surface area contributed by atoms with Crippen LogP contribution in [0.4, 0.5) is 0 Å². The second-order valence-electron chi connectivity index (χ2n) is 5.91. The normalized spacial score (nSPS) is 28.4. The molecule has 1 aromatic carbocycles. The number of benzene rings is 1. The Labute approximate surface area is 134 Å². The fourth-order valence-electron chi connectivity index (χ4n) is 3.01. The molecule has 1 N–H and O–H groups in total. The monoisotopic (exact) mass is 360 g/mol. The molecular weight excluding hydrogens is 340 g/mol. The van der Waals surface area contributed by atoms with E-state index in [-0.39, 0.29) is 0 Å². The molecule has 1 aliphatic rings. The maximum Gasteiger partial charge on any atom is 0.0939 e. The lowest BCUT2D eigenvalue weighted by Crippen LogP contribution is -2.47. The zero-order valence-corrected chi connectivity index (χ0v) is 14.4. The summed E-state index contributed by atoms with van der Waals surface area (Å²) < 4.78 is 6.67. The Bertz CT molecular complexity index is 456. The first kappa shape index (κ1) is 16.3. The number of aliphatic hydroxyl groups excluding tert-OH is 1. The molecule has 1 aromatic rings. The van der Waals surface area contributed by atoms with Crippen molar-refractivity contribution < 1.29 is 9.84 Å².